The highest BCUT2D eigenvalue weighted by atomic mass is 19.1. The van der Waals surface area contributed by atoms with E-state index in [1.165, 1.54) is 12.1 Å². The molecule has 1 aliphatic heterocycles. The first-order chi connectivity index (χ1) is 16.9. The van der Waals surface area contributed by atoms with Gasteiger partial charge in [-0.25, -0.2) is 9.37 Å². The average Bonchev–Trinajstić information content (AvgIpc) is 3.14. The minimum Gasteiger partial charge on any atom is -0.497 e. The molecular formula is C27H30FN5O2. The SMILES string of the molecule is COc1ccc(-c2c(-c3ccc(C#N)c(F)c3)nc(N(C)CC3CCCNCC3)n(C)c2=O)cc1. The van der Waals surface area contributed by atoms with Gasteiger partial charge in [-0.3, -0.25) is 9.36 Å². The summed E-state index contributed by atoms with van der Waals surface area (Å²) in [4.78, 5) is 20.6. The molecule has 0 aliphatic carbocycles. The summed E-state index contributed by atoms with van der Waals surface area (Å²) < 4.78 is 21.4. The van der Waals surface area contributed by atoms with Gasteiger partial charge in [-0.1, -0.05) is 18.2 Å². The van der Waals surface area contributed by atoms with E-state index in [1.807, 2.05) is 18.0 Å². The Morgan fingerprint density at radius 2 is 1.94 bits per heavy atom. The monoisotopic (exact) mass is 475 g/mol. The van der Waals surface area contributed by atoms with Crippen LogP contribution in [0, 0.1) is 23.1 Å². The molecule has 1 saturated heterocycles. The fourth-order valence-corrected chi connectivity index (χ4v) is 4.65. The van der Waals surface area contributed by atoms with Crippen LogP contribution in [0.5, 0.6) is 5.75 Å². The van der Waals surface area contributed by atoms with E-state index in [2.05, 4.69) is 5.32 Å². The van der Waals surface area contributed by atoms with E-state index in [4.69, 9.17) is 15.0 Å². The number of aromatic nitrogens is 2. The quantitative estimate of drug-likeness (QED) is 0.581. The first kappa shape index (κ1) is 24.4. The molecule has 35 heavy (non-hydrogen) atoms. The number of benzene rings is 2. The van der Waals surface area contributed by atoms with Crippen molar-refractivity contribution in [2.75, 3.05) is 38.7 Å². The van der Waals surface area contributed by atoms with Crippen molar-refractivity contribution < 1.29 is 9.13 Å². The van der Waals surface area contributed by atoms with Gasteiger partial charge in [0.15, 0.2) is 0 Å². The summed E-state index contributed by atoms with van der Waals surface area (Å²) in [6, 6.07) is 13.3. The van der Waals surface area contributed by atoms with Crippen molar-refractivity contribution in [3.8, 4) is 34.2 Å². The van der Waals surface area contributed by atoms with Crippen molar-refractivity contribution in [3.05, 3.63) is 64.2 Å². The molecule has 0 spiro atoms. The Morgan fingerprint density at radius 1 is 1.20 bits per heavy atom. The summed E-state index contributed by atoms with van der Waals surface area (Å²) in [6.07, 6.45) is 3.30. The largest absolute Gasteiger partial charge is 0.497 e. The second-order valence-electron chi connectivity index (χ2n) is 8.96. The number of nitrogens with zero attached hydrogens (tertiary/aromatic N) is 4. The molecule has 1 fully saturated rings. The zero-order valence-corrected chi connectivity index (χ0v) is 20.3. The van der Waals surface area contributed by atoms with Crippen molar-refractivity contribution >= 4 is 5.95 Å². The maximum Gasteiger partial charge on any atom is 0.263 e. The molecule has 8 heteroatoms. The van der Waals surface area contributed by atoms with Gasteiger partial charge in [-0.15, -0.1) is 0 Å². The zero-order valence-electron chi connectivity index (χ0n) is 20.3. The fourth-order valence-electron chi connectivity index (χ4n) is 4.65. The molecule has 7 nitrogen and oxygen atoms in total. The Morgan fingerprint density at radius 3 is 2.63 bits per heavy atom. The minimum absolute atomic E-state index is 0.0529. The summed E-state index contributed by atoms with van der Waals surface area (Å²) in [5.74, 6) is 1.03. The van der Waals surface area contributed by atoms with Gasteiger partial charge in [0.2, 0.25) is 5.95 Å². The zero-order chi connectivity index (χ0) is 24.9. The van der Waals surface area contributed by atoms with Crippen LogP contribution in [0.2, 0.25) is 0 Å². The Bertz CT molecular complexity index is 1290. The highest BCUT2D eigenvalue weighted by Gasteiger charge is 2.22. The number of nitrogens with one attached hydrogen (secondary N) is 1. The lowest BCUT2D eigenvalue weighted by molar-refractivity contribution is 0.415. The van der Waals surface area contributed by atoms with Gasteiger partial charge >= 0.3 is 0 Å². The van der Waals surface area contributed by atoms with E-state index >= 15 is 0 Å². The summed E-state index contributed by atoms with van der Waals surface area (Å²) in [6.45, 7) is 2.78. The lowest BCUT2D eigenvalue weighted by Crippen LogP contribution is -2.33. The van der Waals surface area contributed by atoms with Gasteiger partial charge in [-0.05, 0) is 68.1 Å². The van der Waals surface area contributed by atoms with Crippen molar-refractivity contribution in [2.24, 2.45) is 13.0 Å². The molecule has 4 rings (SSSR count). The molecule has 0 radical (unpaired) electrons. The molecule has 1 aromatic heterocycles. The Balaban J connectivity index is 1.84. The van der Waals surface area contributed by atoms with Gasteiger partial charge in [0, 0.05) is 26.2 Å². The molecule has 2 heterocycles. The van der Waals surface area contributed by atoms with Gasteiger partial charge in [0.1, 0.15) is 17.6 Å². The average molecular weight is 476 g/mol. The Labute approximate surface area is 204 Å². The minimum atomic E-state index is -0.644. The summed E-state index contributed by atoms with van der Waals surface area (Å²) in [7, 11) is 5.23. The second kappa shape index (κ2) is 10.7. The number of nitriles is 1. The standard InChI is InChI=1S/C27H30FN5O2/c1-32(17-18-5-4-13-30-14-12-18)27-31-25(20-6-7-21(16-29)23(28)15-20)24(26(34)33(27)2)19-8-10-22(35-3)11-9-19/h6-11,15,18,30H,4-5,12-14,17H2,1-3H3. The number of anilines is 1. The third-order valence-electron chi connectivity index (χ3n) is 6.58. The molecule has 182 valence electrons. The highest BCUT2D eigenvalue weighted by molar-refractivity contribution is 5.81. The van der Waals surface area contributed by atoms with Crippen molar-refractivity contribution in [1.29, 1.82) is 5.26 Å². The number of halogens is 1. The molecule has 1 N–H and O–H groups in total. The summed E-state index contributed by atoms with van der Waals surface area (Å²) in [5.41, 5.74) is 1.57. The molecule has 2 aromatic carbocycles. The Hall–Kier alpha value is -3.70. The number of ether oxygens (including phenoxy) is 1. The number of hydrogen-bond donors (Lipinski definition) is 1. The molecule has 3 aromatic rings. The molecule has 0 bridgehead atoms. The topological polar surface area (TPSA) is 83.2 Å². The van der Waals surface area contributed by atoms with Crippen LogP contribution < -0.4 is 20.5 Å². The van der Waals surface area contributed by atoms with Crippen LogP contribution in [0.4, 0.5) is 10.3 Å². The molecular weight excluding hydrogens is 445 g/mol. The lowest BCUT2D eigenvalue weighted by Gasteiger charge is -2.26. The van der Waals surface area contributed by atoms with Crippen LogP contribution in [0.1, 0.15) is 24.8 Å². The van der Waals surface area contributed by atoms with Crippen LogP contribution in [0.25, 0.3) is 22.4 Å². The van der Waals surface area contributed by atoms with E-state index in [1.54, 1.807) is 49.1 Å². The maximum absolute atomic E-state index is 14.6. The van der Waals surface area contributed by atoms with Gasteiger partial charge < -0.3 is 15.0 Å². The smallest absolute Gasteiger partial charge is 0.263 e. The fraction of sp³-hybridized carbons (Fsp3) is 0.370. The normalized spacial score (nSPS) is 15.8. The van der Waals surface area contributed by atoms with E-state index in [-0.39, 0.29) is 11.1 Å². The van der Waals surface area contributed by atoms with E-state index in [9.17, 15) is 9.18 Å². The van der Waals surface area contributed by atoms with Crippen molar-refractivity contribution in [1.82, 2.24) is 14.9 Å². The predicted octanol–water partition coefficient (Wildman–Crippen LogP) is 3.96. The molecule has 1 atom stereocenters. The number of rotatable bonds is 6. The predicted molar refractivity (Wildman–Crippen MR) is 135 cm³/mol. The number of methoxy groups -OCH3 is 1. The number of hydrogen-bond acceptors (Lipinski definition) is 6. The molecule has 0 amide bonds. The third-order valence-corrected chi connectivity index (χ3v) is 6.58. The van der Waals surface area contributed by atoms with Gasteiger partial charge in [-0.2, -0.15) is 5.26 Å². The molecule has 1 aliphatic rings. The van der Waals surface area contributed by atoms with Crippen molar-refractivity contribution in [2.45, 2.75) is 19.3 Å². The molecule has 0 saturated carbocycles. The van der Waals surface area contributed by atoms with E-state index in [0.717, 1.165) is 38.9 Å². The van der Waals surface area contributed by atoms with Crippen LogP contribution >= 0.6 is 0 Å². The van der Waals surface area contributed by atoms with E-state index in [0.29, 0.717) is 40.0 Å². The van der Waals surface area contributed by atoms with Gasteiger partial charge in [0.05, 0.1) is 23.9 Å². The maximum atomic E-state index is 14.6. The van der Waals surface area contributed by atoms with Gasteiger partial charge in [0.25, 0.3) is 5.56 Å². The Kier molecular flexibility index (Phi) is 7.47. The van der Waals surface area contributed by atoms with Crippen LogP contribution in [0.3, 0.4) is 0 Å². The summed E-state index contributed by atoms with van der Waals surface area (Å²) >= 11 is 0. The van der Waals surface area contributed by atoms with Crippen molar-refractivity contribution in [3.63, 3.8) is 0 Å². The third kappa shape index (κ3) is 5.20. The highest BCUT2D eigenvalue weighted by Crippen LogP contribution is 2.32. The lowest BCUT2D eigenvalue weighted by atomic mass is 9.99. The van der Waals surface area contributed by atoms with Crippen LogP contribution in [-0.2, 0) is 7.05 Å². The second-order valence-corrected chi connectivity index (χ2v) is 8.96. The molecule has 1 unspecified atom stereocenters. The van der Waals surface area contributed by atoms with Crippen LogP contribution in [0.15, 0.2) is 47.3 Å². The first-order valence-electron chi connectivity index (χ1n) is 11.8. The van der Waals surface area contributed by atoms with E-state index < -0.39 is 5.82 Å². The summed E-state index contributed by atoms with van der Waals surface area (Å²) in [5, 5.41) is 12.6. The van der Waals surface area contributed by atoms with Crippen LogP contribution in [-0.4, -0.2) is 43.3 Å². The first-order valence-corrected chi connectivity index (χ1v) is 11.8.